The van der Waals surface area contributed by atoms with Gasteiger partial charge < -0.3 is 4.74 Å². The van der Waals surface area contributed by atoms with Crippen LogP contribution in [0.25, 0.3) is 0 Å². The van der Waals surface area contributed by atoms with E-state index in [2.05, 4.69) is 25.4 Å². The molecule has 1 aromatic rings. The third-order valence-corrected chi connectivity index (χ3v) is 3.20. The smallest absolute Gasteiger partial charge is 0.484 e. The molecule has 0 aliphatic heterocycles. The predicted octanol–water partition coefficient (Wildman–Crippen LogP) is 6.36. The van der Waals surface area contributed by atoms with Crippen molar-refractivity contribution in [1.29, 1.82) is 0 Å². The molecule has 18 heteroatoms. The van der Waals surface area contributed by atoms with E-state index in [1.165, 1.54) is 12.1 Å². The van der Waals surface area contributed by atoms with Gasteiger partial charge in [0.15, 0.2) is 6.61 Å². The average Bonchev–Trinajstić information content (AvgIpc) is 2.49. The molecule has 1 rings (SSSR count). The van der Waals surface area contributed by atoms with Gasteiger partial charge in [-0.25, -0.2) is 14.2 Å². The molecule has 0 spiro atoms. The second kappa shape index (κ2) is 8.78. The fourth-order valence-corrected chi connectivity index (χ4v) is 1.72. The van der Waals surface area contributed by atoms with Gasteiger partial charge in [-0.1, -0.05) is 15.9 Å². The van der Waals surface area contributed by atoms with Crippen molar-refractivity contribution in [3.8, 4) is 5.75 Å². The number of rotatable bonds is 10. The van der Waals surface area contributed by atoms with Crippen LogP contribution in [0.4, 0.5) is 57.1 Å². The van der Waals surface area contributed by atoms with Crippen LogP contribution in [-0.2, 0) is 14.2 Å². The summed E-state index contributed by atoms with van der Waals surface area (Å²) in [5.74, 6) is -0.423. The van der Waals surface area contributed by atoms with Gasteiger partial charge in [-0.15, -0.1) is 13.2 Å². The normalized spacial score (nSPS) is 14.6. The van der Waals surface area contributed by atoms with Crippen molar-refractivity contribution in [1.82, 2.24) is 0 Å². The Labute approximate surface area is 170 Å². The Morgan fingerprint density at radius 2 is 0.968 bits per heavy atom. The summed E-state index contributed by atoms with van der Waals surface area (Å²) >= 11 is 2.94. The van der Waals surface area contributed by atoms with Crippen molar-refractivity contribution < 1.29 is 76.0 Å². The van der Waals surface area contributed by atoms with E-state index in [9.17, 15) is 57.1 Å². The Hall–Kier alpha value is -1.53. The van der Waals surface area contributed by atoms with Crippen LogP contribution in [0.1, 0.15) is 0 Å². The molecule has 4 nitrogen and oxygen atoms in total. The van der Waals surface area contributed by atoms with Crippen molar-refractivity contribution in [3.05, 3.63) is 28.7 Å². The van der Waals surface area contributed by atoms with Crippen LogP contribution in [-0.4, -0.2) is 43.5 Å². The summed E-state index contributed by atoms with van der Waals surface area (Å²) in [5.41, 5.74) is 0. The molecular formula is C13H6BrF13O4. The van der Waals surface area contributed by atoms with Gasteiger partial charge in [0, 0.05) is 4.47 Å². The summed E-state index contributed by atoms with van der Waals surface area (Å²) < 4.78 is 176. The van der Waals surface area contributed by atoms with Gasteiger partial charge in [0.05, 0.1) is 0 Å². The summed E-state index contributed by atoms with van der Waals surface area (Å²) in [5, 5.41) is 0. The molecule has 0 unspecified atom stereocenters. The maximum Gasteiger partial charge on any atom is 0.527 e. The fraction of sp³-hybridized carbons (Fsp3) is 0.538. The number of halogens is 14. The van der Waals surface area contributed by atoms with Crippen LogP contribution in [0.3, 0.4) is 0 Å². The van der Waals surface area contributed by atoms with Gasteiger partial charge in [0.25, 0.3) is 0 Å². The first kappa shape index (κ1) is 27.5. The molecular weight excluding hydrogens is 547 g/mol. The molecule has 180 valence electrons. The number of hydrogen-bond acceptors (Lipinski definition) is 4. The Bertz CT molecular complexity index is 736. The van der Waals surface area contributed by atoms with E-state index in [1.807, 2.05) is 0 Å². The first-order valence-electron chi connectivity index (χ1n) is 7.04. The highest BCUT2D eigenvalue weighted by molar-refractivity contribution is 9.10. The van der Waals surface area contributed by atoms with E-state index in [0.29, 0.717) is 4.47 Å². The highest BCUT2D eigenvalue weighted by Crippen LogP contribution is 2.48. The quantitative estimate of drug-likeness (QED) is 0.316. The first-order chi connectivity index (χ1) is 13.6. The molecule has 0 saturated carbocycles. The molecule has 0 heterocycles. The lowest BCUT2D eigenvalue weighted by Crippen LogP contribution is -2.57. The SMILES string of the molecule is FC(F)(F)OC(F)(F)C(F)(F)OC(F)(F)C(F)(F)OC(F)(F)COc1ccc(Br)cc1. The molecule has 0 atom stereocenters. The van der Waals surface area contributed by atoms with E-state index >= 15 is 0 Å². The minimum Gasteiger partial charge on any atom is -0.484 e. The number of hydrogen-bond donors (Lipinski definition) is 0. The fourth-order valence-electron chi connectivity index (χ4n) is 1.46. The van der Waals surface area contributed by atoms with Gasteiger partial charge in [-0.3, -0.25) is 0 Å². The number of ether oxygens (including phenoxy) is 4. The monoisotopic (exact) mass is 552 g/mol. The van der Waals surface area contributed by atoms with Crippen molar-refractivity contribution in [2.75, 3.05) is 6.61 Å². The highest BCUT2D eigenvalue weighted by Gasteiger charge is 2.74. The van der Waals surface area contributed by atoms with Gasteiger partial charge in [-0.2, -0.15) is 43.9 Å². The second-order valence-corrected chi connectivity index (χ2v) is 6.11. The van der Waals surface area contributed by atoms with E-state index in [0.717, 1.165) is 12.1 Å². The largest absolute Gasteiger partial charge is 0.527 e. The van der Waals surface area contributed by atoms with Crippen LogP contribution in [0, 0.1) is 0 Å². The van der Waals surface area contributed by atoms with E-state index in [-0.39, 0.29) is 0 Å². The summed E-state index contributed by atoms with van der Waals surface area (Å²) in [6, 6.07) is 4.44. The lowest BCUT2D eigenvalue weighted by molar-refractivity contribution is -0.564. The van der Waals surface area contributed by atoms with Crippen LogP contribution in [0.15, 0.2) is 28.7 Å². The molecule has 0 aliphatic rings. The third kappa shape index (κ3) is 7.83. The zero-order valence-electron chi connectivity index (χ0n) is 13.9. The number of alkyl halides is 13. The Kier molecular flexibility index (Phi) is 7.79. The molecule has 31 heavy (non-hydrogen) atoms. The van der Waals surface area contributed by atoms with Gasteiger partial charge in [0.2, 0.25) is 0 Å². The summed E-state index contributed by atoms with van der Waals surface area (Å²) in [6.45, 7) is -2.20. The van der Waals surface area contributed by atoms with Crippen molar-refractivity contribution in [2.24, 2.45) is 0 Å². The first-order valence-corrected chi connectivity index (χ1v) is 7.83. The van der Waals surface area contributed by atoms with Crippen molar-refractivity contribution in [3.63, 3.8) is 0 Å². The van der Waals surface area contributed by atoms with Crippen molar-refractivity contribution >= 4 is 15.9 Å². The maximum atomic E-state index is 13.4. The molecule has 0 aromatic heterocycles. The molecule has 0 bridgehead atoms. The average molecular weight is 553 g/mol. The van der Waals surface area contributed by atoms with Crippen molar-refractivity contribution in [2.45, 2.75) is 36.9 Å². The minimum atomic E-state index is -7.08. The van der Waals surface area contributed by atoms with Crippen LogP contribution in [0.5, 0.6) is 5.75 Å². The van der Waals surface area contributed by atoms with E-state index in [4.69, 9.17) is 0 Å². The molecule has 0 N–H and O–H groups in total. The van der Waals surface area contributed by atoms with Crippen LogP contribution in [0.2, 0.25) is 0 Å². The Morgan fingerprint density at radius 1 is 0.581 bits per heavy atom. The zero-order chi connectivity index (χ0) is 24.5. The highest BCUT2D eigenvalue weighted by atomic mass is 79.9. The predicted molar refractivity (Wildman–Crippen MR) is 73.7 cm³/mol. The molecule has 0 amide bonds. The summed E-state index contributed by atoms with van der Waals surface area (Å²) in [7, 11) is 0. The lowest BCUT2D eigenvalue weighted by atomic mass is 10.3. The van der Waals surface area contributed by atoms with E-state index < -0.39 is 49.3 Å². The molecule has 0 aliphatic carbocycles. The van der Waals surface area contributed by atoms with Gasteiger partial charge >= 0.3 is 36.9 Å². The topological polar surface area (TPSA) is 36.9 Å². The standard InChI is InChI=1S/C13H6BrF13O4/c14-6-1-3-7(4-2-6)28-5-8(15,16)29-9(17,18)10(19,20)30-11(21,22)12(23,24)31-13(25,26)27/h1-4H,5H2. The summed E-state index contributed by atoms with van der Waals surface area (Å²) in [6.07, 6.45) is -39.7. The van der Waals surface area contributed by atoms with Crippen LogP contribution >= 0.6 is 15.9 Å². The molecule has 0 radical (unpaired) electrons. The van der Waals surface area contributed by atoms with Gasteiger partial charge in [0.1, 0.15) is 5.75 Å². The Balaban J connectivity index is 2.92. The summed E-state index contributed by atoms with van der Waals surface area (Å²) in [4.78, 5) is 0. The molecule has 0 fully saturated rings. The lowest BCUT2D eigenvalue weighted by Gasteiger charge is -2.33. The maximum absolute atomic E-state index is 13.4. The molecule has 0 saturated heterocycles. The van der Waals surface area contributed by atoms with E-state index in [1.54, 1.807) is 9.47 Å². The molecule has 1 aromatic carbocycles. The second-order valence-electron chi connectivity index (χ2n) is 5.20. The Morgan fingerprint density at radius 3 is 1.39 bits per heavy atom. The zero-order valence-corrected chi connectivity index (χ0v) is 15.5. The van der Waals surface area contributed by atoms with Crippen LogP contribution < -0.4 is 4.74 Å². The minimum absolute atomic E-state index is 0.415. The van der Waals surface area contributed by atoms with Gasteiger partial charge in [-0.05, 0) is 24.3 Å². The third-order valence-electron chi connectivity index (χ3n) is 2.68. The number of benzene rings is 1.